The Morgan fingerprint density at radius 2 is 1.72 bits per heavy atom. The number of nitrogens with one attached hydrogen (secondary N) is 1. The number of carbonyl (C=O) groups is 2. The Morgan fingerprint density at radius 1 is 1.06 bits per heavy atom. The number of carbonyl (C=O) groups excluding carboxylic acids is 2. The molecule has 0 unspecified atom stereocenters. The van der Waals surface area contributed by atoms with Crippen molar-refractivity contribution in [1.29, 1.82) is 0 Å². The molecule has 5 rings (SSSR count). The van der Waals surface area contributed by atoms with E-state index in [0.717, 1.165) is 10.9 Å². The molecule has 1 aromatic heterocycles. The average molecular weight is 493 g/mol. The Labute approximate surface area is 205 Å². The second kappa shape index (κ2) is 8.51. The number of benzene rings is 3. The van der Waals surface area contributed by atoms with E-state index in [-0.39, 0.29) is 18.1 Å². The lowest BCUT2D eigenvalue weighted by Crippen LogP contribution is -2.55. The summed E-state index contributed by atoms with van der Waals surface area (Å²) in [5.41, 5.74) is 1.53. The number of fused-ring (bicyclic) bond motifs is 1. The maximum absolute atomic E-state index is 13.7. The van der Waals surface area contributed by atoms with Gasteiger partial charge in [-0.1, -0.05) is 30.3 Å². The summed E-state index contributed by atoms with van der Waals surface area (Å²) in [6, 6.07) is 19.4. The van der Waals surface area contributed by atoms with Gasteiger partial charge >= 0.3 is 5.92 Å². The van der Waals surface area contributed by atoms with Crippen molar-refractivity contribution in [1.82, 2.24) is 15.1 Å². The normalized spacial score (nSPS) is 20.2. The molecule has 9 heteroatoms. The molecule has 1 fully saturated rings. The van der Waals surface area contributed by atoms with E-state index in [1.807, 2.05) is 6.07 Å². The summed E-state index contributed by atoms with van der Waals surface area (Å²) in [6.45, 7) is 2.29. The molecular weight excluding hydrogens is 469 g/mol. The quantitative estimate of drug-likeness (QED) is 0.429. The molecule has 2 amide bonds. The third-order valence-electron chi connectivity index (χ3n) is 6.71. The van der Waals surface area contributed by atoms with Crippen molar-refractivity contribution >= 4 is 28.4 Å². The molecule has 1 saturated heterocycles. The molecule has 4 aromatic rings. The number of halogens is 3. The second-order valence-electron chi connectivity index (χ2n) is 9.14. The van der Waals surface area contributed by atoms with E-state index >= 15 is 0 Å². The number of aromatic nitrogens is 2. The minimum atomic E-state index is -3.58. The smallest absolute Gasteiger partial charge is 0.321 e. The van der Waals surface area contributed by atoms with E-state index in [2.05, 4.69) is 10.4 Å². The Bertz CT molecular complexity index is 1450. The van der Waals surface area contributed by atoms with Gasteiger partial charge in [0.25, 0.3) is 5.91 Å². The molecular formula is C27H23F3N4O2. The number of hydrogen-bond donors (Lipinski definition) is 1. The van der Waals surface area contributed by atoms with E-state index in [1.54, 1.807) is 77.3 Å². The van der Waals surface area contributed by atoms with Gasteiger partial charge in [-0.3, -0.25) is 9.59 Å². The lowest BCUT2D eigenvalue weighted by Gasteiger charge is -2.40. The summed E-state index contributed by atoms with van der Waals surface area (Å²) in [6.07, 6.45) is 1.50. The average Bonchev–Trinajstić information content (AvgIpc) is 3.38. The lowest BCUT2D eigenvalue weighted by molar-refractivity contribution is -0.144. The van der Waals surface area contributed by atoms with Gasteiger partial charge in [0.2, 0.25) is 5.91 Å². The molecule has 1 aliphatic rings. The fraction of sp³-hybridized carbons (Fsp3) is 0.222. The van der Waals surface area contributed by atoms with Crippen LogP contribution in [0.1, 0.15) is 25.8 Å². The van der Waals surface area contributed by atoms with Gasteiger partial charge in [-0.2, -0.15) is 13.9 Å². The summed E-state index contributed by atoms with van der Waals surface area (Å²) in [5.74, 6) is -5.67. The Balaban J connectivity index is 1.58. The molecule has 2 atom stereocenters. The summed E-state index contributed by atoms with van der Waals surface area (Å²) >= 11 is 0. The van der Waals surface area contributed by atoms with Crippen LogP contribution in [0.15, 0.2) is 79.0 Å². The van der Waals surface area contributed by atoms with E-state index < -0.39 is 23.4 Å². The first-order valence-electron chi connectivity index (χ1n) is 11.4. The first-order valence-corrected chi connectivity index (χ1v) is 11.4. The van der Waals surface area contributed by atoms with Crippen molar-refractivity contribution in [2.24, 2.45) is 0 Å². The Hall–Kier alpha value is -4.14. The highest BCUT2D eigenvalue weighted by molar-refractivity contribution is 6.01. The van der Waals surface area contributed by atoms with Crippen molar-refractivity contribution in [2.45, 2.75) is 37.8 Å². The van der Waals surface area contributed by atoms with Gasteiger partial charge in [-0.15, -0.1) is 0 Å². The zero-order valence-electron chi connectivity index (χ0n) is 19.6. The number of nitrogens with zero attached hydrogens (tertiary/aromatic N) is 3. The summed E-state index contributed by atoms with van der Waals surface area (Å²) in [4.78, 5) is 27.1. The van der Waals surface area contributed by atoms with Gasteiger partial charge in [0.1, 0.15) is 5.82 Å². The van der Waals surface area contributed by atoms with Gasteiger partial charge in [0.15, 0.2) is 0 Å². The monoisotopic (exact) mass is 492 g/mol. The van der Waals surface area contributed by atoms with Crippen LogP contribution in [-0.4, -0.2) is 33.6 Å². The Morgan fingerprint density at radius 3 is 2.39 bits per heavy atom. The number of amides is 2. The van der Waals surface area contributed by atoms with Crippen LogP contribution in [-0.2, 0) is 15.1 Å². The largest absolute Gasteiger partial charge is 0.345 e. The molecule has 0 bridgehead atoms. The van der Waals surface area contributed by atoms with E-state index in [0.29, 0.717) is 23.9 Å². The van der Waals surface area contributed by atoms with E-state index in [1.165, 1.54) is 12.1 Å². The molecule has 1 N–H and O–H groups in total. The van der Waals surface area contributed by atoms with Gasteiger partial charge in [0, 0.05) is 18.0 Å². The summed E-state index contributed by atoms with van der Waals surface area (Å²) in [5, 5.41) is 7.54. The van der Waals surface area contributed by atoms with Crippen molar-refractivity contribution in [3.8, 4) is 5.69 Å². The van der Waals surface area contributed by atoms with Crippen molar-refractivity contribution in [2.75, 3.05) is 4.90 Å². The number of alkyl halides is 2. The number of anilines is 1. The van der Waals surface area contributed by atoms with Crippen LogP contribution in [0.5, 0.6) is 0 Å². The maximum Gasteiger partial charge on any atom is 0.321 e. The van der Waals surface area contributed by atoms with Crippen LogP contribution in [0.25, 0.3) is 16.6 Å². The van der Waals surface area contributed by atoms with E-state index in [9.17, 15) is 22.8 Å². The highest BCUT2D eigenvalue weighted by Crippen LogP contribution is 2.43. The minimum Gasteiger partial charge on any atom is -0.345 e. The van der Waals surface area contributed by atoms with Crippen LogP contribution in [0.4, 0.5) is 18.9 Å². The molecule has 0 aliphatic carbocycles. The fourth-order valence-corrected chi connectivity index (χ4v) is 4.82. The molecule has 0 saturated carbocycles. The van der Waals surface area contributed by atoms with Gasteiger partial charge in [-0.25, -0.2) is 9.07 Å². The van der Waals surface area contributed by atoms with Gasteiger partial charge < -0.3 is 10.2 Å². The number of rotatable bonds is 5. The molecule has 2 heterocycles. The highest BCUT2D eigenvalue weighted by atomic mass is 19.3. The number of hydrogen-bond acceptors (Lipinski definition) is 3. The lowest BCUT2D eigenvalue weighted by atomic mass is 9.84. The van der Waals surface area contributed by atoms with Crippen LogP contribution in [0.3, 0.4) is 0 Å². The predicted molar refractivity (Wildman–Crippen MR) is 129 cm³/mol. The first kappa shape index (κ1) is 23.6. The molecule has 6 nitrogen and oxygen atoms in total. The zero-order chi connectivity index (χ0) is 25.7. The minimum absolute atomic E-state index is 0.139. The van der Waals surface area contributed by atoms with Crippen LogP contribution >= 0.6 is 0 Å². The first-order chi connectivity index (χ1) is 17.1. The fourth-order valence-electron chi connectivity index (χ4n) is 4.82. The molecule has 1 aliphatic heterocycles. The SMILES string of the molecule is CC(F)(F)C(=O)N[C@H]1CC(=O)N(c2ccc3c(cnn3-c3ccc(F)cc3)c2)[C@]1(C)c1ccccc1. The zero-order valence-corrected chi connectivity index (χ0v) is 19.6. The second-order valence-corrected chi connectivity index (χ2v) is 9.14. The van der Waals surface area contributed by atoms with E-state index in [4.69, 9.17) is 0 Å². The summed E-state index contributed by atoms with van der Waals surface area (Å²) < 4.78 is 42.5. The molecule has 3 aromatic carbocycles. The Kier molecular flexibility index (Phi) is 5.58. The predicted octanol–water partition coefficient (Wildman–Crippen LogP) is 4.96. The maximum atomic E-state index is 13.7. The van der Waals surface area contributed by atoms with Crippen LogP contribution < -0.4 is 10.2 Å². The molecule has 36 heavy (non-hydrogen) atoms. The standard InChI is InChI=1S/C27H23F3N4O2/c1-26(18-6-4-3-5-7-18)23(32-25(36)27(2,29)30)15-24(35)33(26)21-12-13-22-17(14-21)16-31-34(22)20-10-8-19(28)9-11-20/h3-14,16,23H,15H2,1-2H3,(H,32,36)/t23-,26+/m0/s1. The summed E-state index contributed by atoms with van der Waals surface area (Å²) in [7, 11) is 0. The third-order valence-corrected chi connectivity index (χ3v) is 6.71. The van der Waals surface area contributed by atoms with Crippen molar-refractivity contribution < 1.29 is 22.8 Å². The molecule has 0 spiro atoms. The van der Waals surface area contributed by atoms with Crippen LogP contribution in [0, 0.1) is 5.82 Å². The molecule has 184 valence electrons. The topological polar surface area (TPSA) is 67.2 Å². The third kappa shape index (κ3) is 3.90. The van der Waals surface area contributed by atoms with Crippen molar-refractivity contribution in [3.63, 3.8) is 0 Å². The van der Waals surface area contributed by atoms with Crippen molar-refractivity contribution in [3.05, 3.63) is 90.4 Å². The van der Waals surface area contributed by atoms with Crippen LogP contribution in [0.2, 0.25) is 0 Å². The highest BCUT2D eigenvalue weighted by Gasteiger charge is 2.53. The molecule has 0 radical (unpaired) electrons. The van der Waals surface area contributed by atoms with Gasteiger partial charge in [-0.05, 0) is 55.0 Å². The van der Waals surface area contributed by atoms with Gasteiger partial charge in [0.05, 0.1) is 35.4 Å².